The van der Waals surface area contributed by atoms with Gasteiger partial charge in [0, 0.05) is 23.2 Å². The Bertz CT molecular complexity index is 835. The van der Waals surface area contributed by atoms with E-state index in [0.717, 1.165) is 26.7 Å². The topological polar surface area (TPSA) is 48.1 Å². The van der Waals surface area contributed by atoms with Gasteiger partial charge in [-0.2, -0.15) is 0 Å². The molecule has 1 aromatic heterocycles. The Morgan fingerprint density at radius 1 is 1.14 bits per heavy atom. The van der Waals surface area contributed by atoms with Crippen molar-refractivity contribution in [3.8, 4) is 11.5 Å². The first-order chi connectivity index (χ1) is 10.1. The summed E-state index contributed by atoms with van der Waals surface area (Å²) in [6.07, 6.45) is 1.76. The van der Waals surface area contributed by atoms with Gasteiger partial charge in [-0.15, -0.1) is 0 Å². The van der Waals surface area contributed by atoms with Crippen LogP contribution >= 0.6 is 28.1 Å². The van der Waals surface area contributed by atoms with E-state index >= 15 is 0 Å². The van der Waals surface area contributed by atoms with Crippen molar-refractivity contribution >= 4 is 44.0 Å². The molecule has 0 bridgehead atoms. The third kappa shape index (κ3) is 3.04. The lowest BCUT2D eigenvalue weighted by molar-refractivity contribution is 0.480. The zero-order chi connectivity index (χ0) is 14.8. The molecule has 0 aliphatic carbocycles. The molecule has 2 N–H and O–H groups in total. The molecule has 3 nitrogen and oxygen atoms in total. The molecular weight excluding hydrogens is 348 g/mol. The van der Waals surface area contributed by atoms with Crippen molar-refractivity contribution < 1.29 is 4.74 Å². The van der Waals surface area contributed by atoms with Gasteiger partial charge in [-0.1, -0.05) is 18.3 Å². The van der Waals surface area contributed by atoms with Crippen molar-refractivity contribution in [1.29, 1.82) is 0 Å². The van der Waals surface area contributed by atoms with Gasteiger partial charge >= 0.3 is 0 Å². The van der Waals surface area contributed by atoms with E-state index in [1.807, 2.05) is 48.5 Å². The summed E-state index contributed by atoms with van der Waals surface area (Å²) in [5.74, 6) is 1.43. The van der Waals surface area contributed by atoms with E-state index in [9.17, 15) is 0 Å². The maximum atomic E-state index is 5.88. The normalized spacial score (nSPS) is 10.5. The van der Waals surface area contributed by atoms with Crippen LogP contribution in [-0.4, -0.2) is 9.97 Å². The molecular formula is C16H11BrN2OS. The van der Waals surface area contributed by atoms with Gasteiger partial charge in [-0.25, -0.2) is 0 Å². The quantitative estimate of drug-likeness (QED) is 0.703. The third-order valence-corrected chi connectivity index (χ3v) is 3.88. The number of thiocarbonyl (C=S) groups is 1. The summed E-state index contributed by atoms with van der Waals surface area (Å²) in [6, 6.07) is 15.2. The second-order valence-corrected chi connectivity index (χ2v) is 5.76. The first-order valence-electron chi connectivity index (χ1n) is 6.25. The van der Waals surface area contributed by atoms with E-state index < -0.39 is 0 Å². The van der Waals surface area contributed by atoms with Crippen molar-refractivity contribution in [3.63, 3.8) is 0 Å². The van der Waals surface area contributed by atoms with Crippen molar-refractivity contribution in [1.82, 2.24) is 4.98 Å². The molecule has 3 rings (SSSR count). The summed E-state index contributed by atoms with van der Waals surface area (Å²) in [6.45, 7) is 0. The van der Waals surface area contributed by atoms with E-state index in [1.165, 1.54) is 0 Å². The van der Waals surface area contributed by atoms with Crippen molar-refractivity contribution in [2.75, 3.05) is 0 Å². The minimum Gasteiger partial charge on any atom is -0.456 e. The number of rotatable bonds is 3. The Labute approximate surface area is 135 Å². The fourth-order valence-electron chi connectivity index (χ4n) is 1.97. The Morgan fingerprint density at radius 2 is 2.00 bits per heavy atom. The Hall–Kier alpha value is -1.98. The smallest absolute Gasteiger partial charge is 0.141 e. The second-order valence-electron chi connectivity index (χ2n) is 4.47. The third-order valence-electron chi connectivity index (χ3n) is 3.02. The number of ether oxygens (including phenoxy) is 1. The molecule has 1 heterocycles. The summed E-state index contributed by atoms with van der Waals surface area (Å²) < 4.78 is 6.68. The predicted octanol–water partition coefficient (Wildman–Crippen LogP) is 4.42. The lowest BCUT2D eigenvalue weighted by Crippen LogP contribution is -2.08. The first kappa shape index (κ1) is 14.0. The molecule has 0 aliphatic heterocycles. The lowest BCUT2D eigenvalue weighted by atomic mass is 10.2. The molecule has 0 spiro atoms. The Kier molecular flexibility index (Phi) is 3.86. The predicted molar refractivity (Wildman–Crippen MR) is 91.8 cm³/mol. The monoisotopic (exact) mass is 358 g/mol. The van der Waals surface area contributed by atoms with E-state index in [-0.39, 0.29) is 0 Å². The zero-order valence-electron chi connectivity index (χ0n) is 10.9. The van der Waals surface area contributed by atoms with Gasteiger partial charge in [0.15, 0.2) is 0 Å². The van der Waals surface area contributed by atoms with Crippen LogP contribution in [0.3, 0.4) is 0 Å². The van der Waals surface area contributed by atoms with Gasteiger partial charge in [0.05, 0.1) is 9.99 Å². The second kappa shape index (κ2) is 5.79. The summed E-state index contributed by atoms with van der Waals surface area (Å²) in [4.78, 5) is 4.68. The van der Waals surface area contributed by atoms with E-state index in [0.29, 0.717) is 10.7 Å². The highest BCUT2D eigenvalue weighted by atomic mass is 79.9. The van der Waals surface area contributed by atoms with Gasteiger partial charge in [0.1, 0.15) is 16.5 Å². The van der Waals surface area contributed by atoms with Gasteiger partial charge in [-0.3, -0.25) is 4.98 Å². The summed E-state index contributed by atoms with van der Waals surface area (Å²) >= 11 is 8.42. The number of aromatic nitrogens is 1. The summed E-state index contributed by atoms with van der Waals surface area (Å²) in [5, 5.41) is 1.08. The molecule has 0 atom stereocenters. The lowest BCUT2D eigenvalue weighted by Gasteiger charge is -2.09. The van der Waals surface area contributed by atoms with Crippen LogP contribution in [-0.2, 0) is 0 Å². The number of hydrogen-bond donors (Lipinski definition) is 1. The SMILES string of the molecule is NC(=S)c1ccc(Oc2ccc3cccnc3c2)c(Br)c1. The fraction of sp³-hybridized carbons (Fsp3) is 0. The maximum absolute atomic E-state index is 5.88. The average Bonchev–Trinajstić information content (AvgIpc) is 2.49. The van der Waals surface area contributed by atoms with Crippen LogP contribution in [0.2, 0.25) is 0 Å². The van der Waals surface area contributed by atoms with E-state index in [2.05, 4.69) is 20.9 Å². The van der Waals surface area contributed by atoms with Crippen LogP contribution < -0.4 is 10.5 Å². The maximum Gasteiger partial charge on any atom is 0.141 e. The van der Waals surface area contributed by atoms with Crippen LogP contribution in [0.1, 0.15) is 5.56 Å². The Balaban J connectivity index is 1.93. The van der Waals surface area contributed by atoms with Gasteiger partial charge < -0.3 is 10.5 Å². The van der Waals surface area contributed by atoms with Crippen molar-refractivity contribution in [2.45, 2.75) is 0 Å². The minimum atomic E-state index is 0.358. The van der Waals surface area contributed by atoms with Crippen molar-refractivity contribution in [2.24, 2.45) is 5.73 Å². The largest absolute Gasteiger partial charge is 0.456 e. The molecule has 3 aromatic rings. The number of halogens is 1. The summed E-state index contributed by atoms with van der Waals surface area (Å²) in [5.41, 5.74) is 7.30. The highest BCUT2D eigenvalue weighted by Gasteiger charge is 2.06. The highest BCUT2D eigenvalue weighted by molar-refractivity contribution is 9.10. The molecule has 0 radical (unpaired) electrons. The molecule has 2 aromatic carbocycles. The molecule has 0 saturated carbocycles. The standard InChI is InChI=1S/C16H11BrN2OS/c17-13-8-11(16(18)21)4-6-15(13)20-12-5-3-10-2-1-7-19-14(10)9-12/h1-9H,(H2,18,21). The number of pyridine rings is 1. The van der Waals surface area contributed by atoms with E-state index in [1.54, 1.807) is 6.20 Å². The molecule has 0 unspecified atom stereocenters. The first-order valence-corrected chi connectivity index (χ1v) is 7.45. The molecule has 0 fully saturated rings. The van der Waals surface area contributed by atoms with Gasteiger partial charge in [0.2, 0.25) is 0 Å². The Morgan fingerprint density at radius 3 is 2.76 bits per heavy atom. The molecule has 0 saturated heterocycles. The number of nitrogens with two attached hydrogens (primary N) is 1. The number of hydrogen-bond acceptors (Lipinski definition) is 3. The summed E-state index contributed by atoms with van der Waals surface area (Å²) in [7, 11) is 0. The van der Waals surface area contributed by atoms with Crippen LogP contribution in [0.5, 0.6) is 11.5 Å². The number of nitrogens with zero attached hydrogens (tertiary/aromatic N) is 1. The van der Waals surface area contributed by atoms with Crippen LogP contribution in [0.4, 0.5) is 0 Å². The number of fused-ring (bicyclic) bond motifs is 1. The van der Waals surface area contributed by atoms with E-state index in [4.69, 9.17) is 22.7 Å². The van der Waals surface area contributed by atoms with Crippen LogP contribution in [0, 0.1) is 0 Å². The van der Waals surface area contributed by atoms with Crippen LogP contribution in [0.15, 0.2) is 59.2 Å². The minimum absolute atomic E-state index is 0.358. The molecule has 104 valence electrons. The highest BCUT2D eigenvalue weighted by Crippen LogP contribution is 2.31. The molecule has 0 aliphatic rings. The van der Waals surface area contributed by atoms with Crippen LogP contribution in [0.25, 0.3) is 10.9 Å². The number of benzene rings is 2. The molecule has 0 amide bonds. The van der Waals surface area contributed by atoms with Gasteiger partial charge in [0.25, 0.3) is 0 Å². The molecule has 21 heavy (non-hydrogen) atoms. The van der Waals surface area contributed by atoms with Crippen molar-refractivity contribution in [3.05, 3.63) is 64.8 Å². The fourth-order valence-corrected chi connectivity index (χ4v) is 2.56. The van der Waals surface area contributed by atoms with Gasteiger partial charge in [-0.05, 0) is 52.3 Å². The average molecular weight is 359 g/mol. The molecule has 5 heteroatoms. The zero-order valence-corrected chi connectivity index (χ0v) is 13.3.